The molecule has 110 valence electrons. The zero-order chi connectivity index (χ0) is 14.8. The average Bonchev–Trinajstić information content (AvgIpc) is 2.45. The van der Waals surface area contributed by atoms with Crippen LogP contribution < -0.4 is 5.73 Å². The van der Waals surface area contributed by atoms with Crippen molar-refractivity contribution in [2.75, 3.05) is 6.54 Å². The van der Waals surface area contributed by atoms with Crippen LogP contribution in [0.2, 0.25) is 0 Å². The van der Waals surface area contributed by atoms with Crippen molar-refractivity contribution in [2.24, 2.45) is 11.1 Å². The molecule has 1 aliphatic carbocycles. The molecule has 0 aliphatic heterocycles. The molecular formula is C15H18F3NO. The van der Waals surface area contributed by atoms with E-state index in [2.05, 4.69) is 0 Å². The third kappa shape index (κ3) is 2.87. The SMILES string of the molecule is NCC1(CC(=O)c2ccc(F)c(F)c2F)CCCCC1. The second kappa shape index (κ2) is 5.95. The smallest absolute Gasteiger partial charge is 0.195 e. The second-order valence-corrected chi connectivity index (χ2v) is 5.59. The van der Waals surface area contributed by atoms with Crippen molar-refractivity contribution in [1.82, 2.24) is 0 Å². The maximum Gasteiger partial charge on any atom is 0.195 e. The van der Waals surface area contributed by atoms with E-state index >= 15 is 0 Å². The number of ketones is 1. The van der Waals surface area contributed by atoms with Gasteiger partial charge >= 0.3 is 0 Å². The number of carbonyl (C=O) groups excluding carboxylic acids is 1. The molecule has 0 atom stereocenters. The standard InChI is InChI=1S/C15H18F3NO/c16-11-5-4-10(13(17)14(11)18)12(20)8-15(9-19)6-2-1-3-7-15/h4-5H,1-3,6-9,19H2. The van der Waals surface area contributed by atoms with Crippen LogP contribution in [0, 0.1) is 22.9 Å². The van der Waals surface area contributed by atoms with Gasteiger partial charge in [-0.05, 0) is 36.9 Å². The number of halogens is 3. The van der Waals surface area contributed by atoms with E-state index in [0.29, 0.717) is 6.54 Å². The summed E-state index contributed by atoms with van der Waals surface area (Å²) in [6.45, 7) is 0.351. The van der Waals surface area contributed by atoms with E-state index in [4.69, 9.17) is 5.73 Å². The number of carbonyl (C=O) groups is 1. The van der Waals surface area contributed by atoms with Gasteiger partial charge < -0.3 is 5.73 Å². The Kier molecular flexibility index (Phi) is 4.48. The van der Waals surface area contributed by atoms with Crippen LogP contribution in [0.1, 0.15) is 48.9 Å². The monoisotopic (exact) mass is 285 g/mol. The van der Waals surface area contributed by atoms with Gasteiger partial charge in [-0.3, -0.25) is 4.79 Å². The Morgan fingerprint density at radius 1 is 1.10 bits per heavy atom. The minimum atomic E-state index is -1.60. The molecule has 0 saturated heterocycles. The van der Waals surface area contributed by atoms with Crippen molar-refractivity contribution >= 4 is 5.78 Å². The highest BCUT2D eigenvalue weighted by molar-refractivity contribution is 5.96. The highest BCUT2D eigenvalue weighted by Crippen LogP contribution is 2.39. The molecule has 1 aromatic rings. The highest BCUT2D eigenvalue weighted by Gasteiger charge is 2.34. The first-order valence-corrected chi connectivity index (χ1v) is 6.86. The number of Topliss-reactive ketones (excluding diaryl/α,β-unsaturated/α-hetero) is 1. The Bertz CT molecular complexity index is 510. The van der Waals surface area contributed by atoms with Gasteiger partial charge in [0, 0.05) is 6.42 Å². The topological polar surface area (TPSA) is 43.1 Å². The Labute approximate surface area is 116 Å². The van der Waals surface area contributed by atoms with E-state index in [0.717, 1.165) is 44.2 Å². The zero-order valence-electron chi connectivity index (χ0n) is 11.2. The van der Waals surface area contributed by atoms with E-state index in [9.17, 15) is 18.0 Å². The minimum Gasteiger partial charge on any atom is -0.330 e. The molecule has 1 aliphatic rings. The van der Waals surface area contributed by atoms with Crippen molar-refractivity contribution in [2.45, 2.75) is 38.5 Å². The fourth-order valence-electron chi connectivity index (χ4n) is 2.93. The first-order chi connectivity index (χ1) is 9.49. The molecule has 2 rings (SSSR count). The summed E-state index contributed by atoms with van der Waals surface area (Å²) >= 11 is 0. The largest absolute Gasteiger partial charge is 0.330 e. The van der Waals surface area contributed by atoms with E-state index in [1.165, 1.54) is 0 Å². The first kappa shape index (κ1) is 15.0. The van der Waals surface area contributed by atoms with Crippen LogP contribution in [0.15, 0.2) is 12.1 Å². The molecule has 0 unspecified atom stereocenters. The molecule has 5 heteroatoms. The van der Waals surface area contributed by atoms with Gasteiger partial charge in [-0.15, -0.1) is 0 Å². The summed E-state index contributed by atoms with van der Waals surface area (Å²) in [7, 11) is 0. The Morgan fingerprint density at radius 2 is 1.75 bits per heavy atom. The molecule has 0 heterocycles. The van der Waals surface area contributed by atoms with Crippen molar-refractivity contribution in [3.05, 3.63) is 35.1 Å². The van der Waals surface area contributed by atoms with E-state index in [-0.39, 0.29) is 17.4 Å². The summed E-state index contributed by atoms with van der Waals surface area (Å²) in [5.74, 6) is -4.79. The quantitative estimate of drug-likeness (QED) is 0.678. The Balaban J connectivity index is 2.21. The number of hydrogen-bond donors (Lipinski definition) is 1. The van der Waals surface area contributed by atoms with Crippen LogP contribution in [-0.2, 0) is 0 Å². The van der Waals surface area contributed by atoms with Gasteiger partial charge in [-0.25, -0.2) is 13.2 Å². The lowest BCUT2D eigenvalue weighted by atomic mass is 9.70. The van der Waals surface area contributed by atoms with Crippen molar-refractivity contribution < 1.29 is 18.0 Å². The maximum absolute atomic E-state index is 13.6. The maximum atomic E-state index is 13.6. The van der Waals surface area contributed by atoms with Gasteiger partial charge in [0.1, 0.15) is 0 Å². The first-order valence-electron chi connectivity index (χ1n) is 6.86. The van der Waals surface area contributed by atoms with Crippen LogP contribution in [0.25, 0.3) is 0 Å². The number of rotatable bonds is 4. The molecule has 1 saturated carbocycles. The molecule has 2 nitrogen and oxygen atoms in total. The summed E-state index contributed by atoms with van der Waals surface area (Å²) in [5.41, 5.74) is 5.06. The fraction of sp³-hybridized carbons (Fsp3) is 0.533. The van der Waals surface area contributed by atoms with E-state index in [1.54, 1.807) is 0 Å². The molecule has 0 spiro atoms. The van der Waals surface area contributed by atoms with E-state index < -0.39 is 23.2 Å². The van der Waals surface area contributed by atoms with Crippen molar-refractivity contribution in [1.29, 1.82) is 0 Å². The molecule has 0 radical (unpaired) electrons. The van der Waals surface area contributed by atoms with E-state index in [1.807, 2.05) is 0 Å². The Morgan fingerprint density at radius 3 is 2.35 bits per heavy atom. The minimum absolute atomic E-state index is 0.0888. The number of nitrogens with two attached hydrogens (primary N) is 1. The lowest BCUT2D eigenvalue weighted by Crippen LogP contribution is -2.35. The summed E-state index contributed by atoms with van der Waals surface area (Å²) in [5, 5.41) is 0. The van der Waals surface area contributed by atoms with Crippen LogP contribution >= 0.6 is 0 Å². The predicted octanol–water partition coefficient (Wildman–Crippen LogP) is 3.59. The second-order valence-electron chi connectivity index (χ2n) is 5.59. The summed E-state index contributed by atoms with van der Waals surface area (Å²) in [6, 6.07) is 1.78. The van der Waals surface area contributed by atoms with Crippen molar-refractivity contribution in [3.8, 4) is 0 Å². The predicted molar refractivity (Wildman–Crippen MR) is 69.8 cm³/mol. The molecule has 0 bridgehead atoms. The van der Waals surface area contributed by atoms with Gasteiger partial charge in [-0.2, -0.15) is 0 Å². The van der Waals surface area contributed by atoms with Gasteiger partial charge in [0.05, 0.1) is 5.56 Å². The van der Waals surface area contributed by atoms with Crippen molar-refractivity contribution in [3.63, 3.8) is 0 Å². The molecule has 1 fully saturated rings. The van der Waals surface area contributed by atoms with Crippen LogP contribution in [-0.4, -0.2) is 12.3 Å². The van der Waals surface area contributed by atoms with Gasteiger partial charge in [0.2, 0.25) is 0 Å². The summed E-state index contributed by atoms with van der Waals surface area (Å²) in [4.78, 5) is 12.2. The molecule has 20 heavy (non-hydrogen) atoms. The Hall–Kier alpha value is -1.36. The van der Waals surface area contributed by atoms with Crippen LogP contribution in [0.4, 0.5) is 13.2 Å². The average molecular weight is 285 g/mol. The van der Waals surface area contributed by atoms with Crippen LogP contribution in [0.3, 0.4) is 0 Å². The van der Waals surface area contributed by atoms with Gasteiger partial charge in [-0.1, -0.05) is 19.3 Å². The third-order valence-electron chi connectivity index (χ3n) is 4.22. The number of benzene rings is 1. The fourth-order valence-corrected chi connectivity index (χ4v) is 2.93. The molecule has 2 N–H and O–H groups in total. The normalized spacial score (nSPS) is 18.0. The zero-order valence-corrected chi connectivity index (χ0v) is 11.2. The van der Waals surface area contributed by atoms with Crippen LogP contribution in [0.5, 0.6) is 0 Å². The summed E-state index contributed by atoms with van der Waals surface area (Å²) in [6.07, 6.45) is 4.82. The number of hydrogen-bond acceptors (Lipinski definition) is 2. The van der Waals surface area contributed by atoms with Gasteiger partial charge in [0.25, 0.3) is 0 Å². The summed E-state index contributed by atoms with van der Waals surface area (Å²) < 4.78 is 39.7. The molecule has 0 aromatic heterocycles. The molecule has 0 amide bonds. The lowest BCUT2D eigenvalue weighted by molar-refractivity contribution is 0.0862. The molecule has 1 aromatic carbocycles. The highest BCUT2D eigenvalue weighted by atomic mass is 19.2. The third-order valence-corrected chi connectivity index (χ3v) is 4.22. The van der Waals surface area contributed by atoms with Gasteiger partial charge in [0.15, 0.2) is 23.2 Å². The lowest BCUT2D eigenvalue weighted by Gasteiger charge is -2.35. The molecular weight excluding hydrogens is 267 g/mol.